The van der Waals surface area contributed by atoms with E-state index in [0.717, 1.165) is 34.2 Å². The van der Waals surface area contributed by atoms with Crippen LogP contribution in [0.25, 0.3) is 11.0 Å². The predicted octanol–water partition coefficient (Wildman–Crippen LogP) is 3.58. The molecule has 22 heavy (non-hydrogen) atoms. The Balaban J connectivity index is 1.80. The second-order valence-corrected chi connectivity index (χ2v) is 6.13. The van der Waals surface area contributed by atoms with Gasteiger partial charge in [-0.3, -0.25) is 0 Å². The lowest BCUT2D eigenvalue weighted by atomic mass is 10.2. The minimum absolute atomic E-state index is 0.567. The molecule has 1 N–H and O–H groups in total. The Labute approximate surface area is 134 Å². The molecule has 0 radical (unpaired) electrons. The number of methoxy groups -OCH3 is 1. The molecule has 5 nitrogen and oxygen atoms in total. The minimum Gasteiger partial charge on any atom is -0.378 e. The lowest BCUT2D eigenvalue weighted by Gasteiger charge is -2.07. The lowest BCUT2D eigenvalue weighted by Crippen LogP contribution is -2.07. The average molecular weight is 316 g/mol. The number of imidazole rings is 1. The highest BCUT2D eigenvalue weighted by Gasteiger charge is 2.10. The molecule has 6 heteroatoms. The molecule has 0 fully saturated rings. The van der Waals surface area contributed by atoms with Crippen LogP contribution in [0.3, 0.4) is 0 Å². The fraction of sp³-hybridized carbons (Fsp3) is 0.375. The molecular formula is C16H20N4OS. The number of aryl methyl sites for hydroxylation is 2. The van der Waals surface area contributed by atoms with Crippen molar-refractivity contribution < 1.29 is 4.74 Å². The largest absolute Gasteiger partial charge is 0.378 e. The SMILES string of the molecule is CCn1c(NCc2csc(COC)n2)nc2cc(C)ccc21. The maximum Gasteiger partial charge on any atom is 0.204 e. The number of hydrogen-bond donors (Lipinski definition) is 1. The minimum atomic E-state index is 0.567. The zero-order valence-electron chi connectivity index (χ0n) is 13.1. The summed E-state index contributed by atoms with van der Waals surface area (Å²) >= 11 is 1.62. The highest BCUT2D eigenvalue weighted by atomic mass is 32.1. The van der Waals surface area contributed by atoms with Crippen molar-refractivity contribution in [3.05, 3.63) is 39.8 Å². The van der Waals surface area contributed by atoms with Gasteiger partial charge in [-0.25, -0.2) is 9.97 Å². The van der Waals surface area contributed by atoms with Gasteiger partial charge in [0.1, 0.15) is 5.01 Å². The zero-order valence-corrected chi connectivity index (χ0v) is 13.9. The van der Waals surface area contributed by atoms with Crippen molar-refractivity contribution in [2.24, 2.45) is 0 Å². The number of thiazole rings is 1. The number of rotatable bonds is 6. The van der Waals surface area contributed by atoms with Gasteiger partial charge in [0, 0.05) is 19.0 Å². The summed E-state index contributed by atoms with van der Waals surface area (Å²) in [6, 6.07) is 6.37. The molecular weight excluding hydrogens is 296 g/mol. The number of anilines is 1. The number of ether oxygens (including phenoxy) is 1. The van der Waals surface area contributed by atoms with Crippen LogP contribution in [0.1, 0.15) is 23.2 Å². The Bertz CT molecular complexity index is 778. The van der Waals surface area contributed by atoms with Crippen LogP contribution in [-0.2, 0) is 24.4 Å². The van der Waals surface area contributed by atoms with Crippen LogP contribution in [0, 0.1) is 6.92 Å². The highest BCUT2D eigenvalue weighted by Crippen LogP contribution is 2.21. The smallest absolute Gasteiger partial charge is 0.204 e. The first-order valence-electron chi connectivity index (χ1n) is 7.34. The summed E-state index contributed by atoms with van der Waals surface area (Å²) in [6.45, 7) is 6.34. The van der Waals surface area contributed by atoms with E-state index in [-0.39, 0.29) is 0 Å². The monoisotopic (exact) mass is 316 g/mol. The van der Waals surface area contributed by atoms with Gasteiger partial charge >= 0.3 is 0 Å². The summed E-state index contributed by atoms with van der Waals surface area (Å²) < 4.78 is 7.29. The van der Waals surface area contributed by atoms with Crippen LogP contribution < -0.4 is 5.32 Å². The van der Waals surface area contributed by atoms with Crippen molar-refractivity contribution in [3.63, 3.8) is 0 Å². The first-order chi connectivity index (χ1) is 10.7. The van der Waals surface area contributed by atoms with E-state index in [2.05, 4.69) is 52.3 Å². The van der Waals surface area contributed by atoms with Crippen LogP contribution in [0.2, 0.25) is 0 Å². The third kappa shape index (κ3) is 2.98. The molecule has 0 bridgehead atoms. The fourth-order valence-corrected chi connectivity index (χ4v) is 3.25. The first-order valence-corrected chi connectivity index (χ1v) is 8.22. The van der Waals surface area contributed by atoms with Gasteiger partial charge in [0.15, 0.2) is 0 Å². The summed E-state index contributed by atoms with van der Waals surface area (Å²) in [5.41, 5.74) is 4.43. The van der Waals surface area contributed by atoms with Crippen LogP contribution in [0.4, 0.5) is 5.95 Å². The molecule has 3 rings (SSSR count). The topological polar surface area (TPSA) is 52.0 Å². The molecule has 0 aliphatic carbocycles. The van der Waals surface area contributed by atoms with E-state index in [1.165, 1.54) is 5.56 Å². The molecule has 2 aromatic heterocycles. The lowest BCUT2D eigenvalue weighted by molar-refractivity contribution is 0.184. The first kappa shape index (κ1) is 15.0. The summed E-state index contributed by atoms with van der Waals surface area (Å²) in [6.07, 6.45) is 0. The van der Waals surface area contributed by atoms with E-state index in [1.54, 1.807) is 18.4 Å². The van der Waals surface area contributed by atoms with Crippen molar-refractivity contribution in [2.45, 2.75) is 33.5 Å². The standard InChI is InChI=1S/C16H20N4OS/c1-4-20-14-6-5-11(2)7-13(14)19-16(20)17-8-12-10-22-15(18-12)9-21-3/h5-7,10H,4,8-9H2,1-3H3,(H,17,19). The zero-order chi connectivity index (χ0) is 15.5. The summed E-state index contributed by atoms with van der Waals surface area (Å²) in [5.74, 6) is 0.893. The quantitative estimate of drug-likeness (QED) is 0.755. The average Bonchev–Trinajstić information content (AvgIpc) is 3.08. The van der Waals surface area contributed by atoms with Gasteiger partial charge in [-0.05, 0) is 31.5 Å². The molecule has 0 aliphatic rings. The fourth-order valence-electron chi connectivity index (χ4n) is 2.48. The number of nitrogens with zero attached hydrogens (tertiary/aromatic N) is 3. The number of aromatic nitrogens is 3. The summed E-state index contributed by atoms with van der Waals surface area (Å²) in [4.78, 5) is 9.24. The Morgan fingerprint density at radius 3 is 2.95 bits per heavy atom. The molecule has 0 amide bonds. The molecule has 1 aromatic carbocycles. The molecule has 116 valence electrons. The third-order valence-corrected chi connectivity index (χ3v) is 4.39. The Kier molecular flexibility index (Phi) is 4.40. The van der Waals surface area contributed by atoms with Gasteiger partial charge in [-0.2, -0.15) is 0 Å². The van der Waals surface area contributed by atoms with Crippen LogP contribution in [0.15, 0.2) is 23.6 Å². The second-order valence-electron chi connectivity index (χ2n) is 5.19. The van der Waals surface area contributed by atoms with Crippen molar-refractivity contribution >= 4 is 28.3 Å². The summed E-state index contributed by atoms with van der Waals surface area (Å²) in [5, 5.41) is 6.46. The van der Waals surface area contributed by atoms with E-state index in [0.29, 0.717) is 13.2 Å². The highest BCUT2D eigenvalue weighted by molar-refractivity contribution is 7.09. The van der Waals surface area contributed by atoms with E-state index >= 15 is 0 Å². The molecule has 0 saturated carbocycles. The maximum atomic E-state index is 5.10. The molecule has 0 atom stereocenters. The normalized spacial score (nSPS) is 11.2. The van der Waals surface area contributed by atoms with Crippen molar-refractivity contribution in [2.75, 3.05) is 12.4 Å². The van der Waals surface area contributed by atoms with Gasteiger partial charge in [0.2, 0.25) is 5.95 Å². The van der Waals surface area contributed by atoms with Gasteiger partial charge in [0.25, 0.3) is 0 Å². The molecule has 2 heterocycles. The van der Waals surface area contributed by atoms with E-state index in [4.69, 9.17) is 9.72 Å². The second kappa shape index (κ2) is 6.46. The molecule has 0 aliphatic heterocycles. The van der Waals surface area contributed by atoms with E-state index in [1.807, 2.05) is 0 Å². The van der Waals surface area contributed by atoms with Crippen LogP contribution in [0.5, 0.6) is 0 Å². The van der Waals surface area contributed by atoms with Gasteiger partial charge < -0.3 is 14.6 Å². The van der Waals surface area contributed by atoms with E-state index < -0.39 is 0 Å². The summed E-state index contributed by atoms with van der Waals surface area (Å²) in [7, 11) is 1.69. The third-order valence-electron chi connectivity index (χ3n) is 3.51. The number of fused-ring (bicyclic) bond motifs is 1. The predicted molar refractivity (Wildman–Crippen MR) is 90.3 cm³/mol. The van der Waals surface area contributed by atoms with Crippen LogP contribution in [-0.4, -0.2) is 21.6 Å². The maximum absolute atomic E-state index is 5.10. The molecule has 0 spiro atoms. The number of hydrogen-bond acceptors (Lipinski definition) is 5. The van der Waals surface area contributed by atoms with Gasteiger partial charge in [-0.15, -0.1) is 11.3 Å². The van der Waals surface area contributed by atoms with Crippen molar-refractivity contribution in [1.82, 2.24) is 14.5 Å². The van der Waals surface area contributed by atoms with Gasteiger partial charge in [-0.1, -0.05) is 6.07 Å². The Morgan fingerprint density at radius 1 is 1.32 bits per heavy atom. The number of benzene rings is 1. The van der Waals surface area contributed by atoms with Crippen LogP contribution >= 0.6 is 11.3 Å². The van der Waals surface area contributed by atoms with Crippen molar-refractivity contribution in [3.8, 4) is 0 Å². The van der Waals surface area contributed by atoms with E-state index in [9.17, 15) is 0 Å². The van der Waals surface area contributed by atoms with Crippen molar-refractivity contribution in [1.29, 1.82) is 0 Å². The number of nitrogens with one attached hydrogen (secondary N) is 1. The van der Waals surface area contributed by atoms with Gasteiger partial charge in [0.05, 0.1) is 29.9 Å². The Hall–Kier alpha value is -1.92. The Morgan fingerprint density at radius 2 is 2.18 bits per heavy atom. The molecule has 0 unspecified atom stereocenters. The molecule has 0 saturated heterocycles. The molecule has 3 aromatic rings.